The molecule has 7 heteroatoms. The molecule has 0 bridgehead atoms. The number of ether oxygens (including phenoxy) is 1. The number of rotatable bonds is 3. The Morgan fingerprint density at radius 2 is 1.95 bits per heavy atom. The van der Waals surface area contributed by atoms with Crippen LogP contribution in [0, 0.1) is 5.41 Å². The zero-order valence-electron chi connectivity index (χ0n) is 12.7. The monoisotopic (exact) mass is 304 g/mol. The SMILES string of the molecule is CCOc1ccnc(N2CCC3(CC2)CC(=O)NC(=O)C3)n1. The molecule has 3 rings (SSSR count). The standard InChI is InChI=1S/C15H20N4O3/c1-2-22-13-3-6-16-14(18-13)19-7-4-15(5-8-19)9-11(20)17-12(21)10-15/h3,6H,2,4-5,7-10H2,1H3,(H,17,20,21). The van der Waals surface area contributed by atoms with Gasteiger partial charge in [0, 0.05) is 38.2 Å². The summed E-state index contributed by atoms with van der Waals surface area (Å²) < 4.78 is 5.40. The van der Waals surface area contributed by atoms with E-state index in [0.29, 0.717) is 31.3 Å². The third-order valence-electron chi connectivity index (χ3n) is 4.37. The van der Waals surface area contributed by atoms with Crippen LogP contribution < -0.4 is 15.0 Å². The van der Waals surface area contributed by atoms with Crippen LogP contribution in [0.1, 0.15) is 32.6 Å². The van der Waals surface area contributed by atoms with Crippen LogP contribution in [0.25, 0.3) is 0 Å². The van der Waals surface area contributed by atoms with Crippen LogP contribution in [0.2, 0.25) is 0 Å². The number of anilines is 1. The first-order chi connectivity index (χ1) is 10.6. The topological polar surface area (TPSA) is 84.4 Å². The predicted molar refractivity (Wildman–Crippen MR) is 79.5 cm³/mol. The number of amides is 2. The summed E-state index contributed by atoms with van der Waals surface area (Å²) in [5.74, 6) is 0.908. The molecule has 0 aromatic carbocycles. The van der Waals surface area contributed by atoms with Gasteiger partial charge in [-0.25, -0.2) is 4.98 Å². The minimum Gasteiger partial charge on any atom is -0.478 e. The summed E-state index contributed by atoms with van der Waals surface area (Å²) in [5, 5.41) is 2.38. The van der Waals surface area contributed by atoms with Crippen molar-refractivity contribution in [3.63, 3.8) is 0 Å². The van der Waals surface area contributed by atoms with Crippen molar-refractivity contribution in [2.75, 3.05) is 24.6 Å². The van der Waals surface area contributed by atoms with E-state index in [0.717, 1.165) is 25.9 Å². The van der Waals surface area contributed by atoms with E-state index < -0.39 is 0 Å². The molecule has 2 aliphatic rings. The summed E-state index contributed by atoms with van der Waals surface area (Å²) >= 11 is 0. The van der Waals surface area contributed by atoms with E-state index in [4.69, 9.17) is 4.74 Å². The molecule has 2 aliphatic heterocycles. The molecule has 0 aliphatic carbocycles. The zero-order valence-corrected chi connectivity index (χ0v) is 12.7. The van der Waals surface area contributed by atoms with Gasteiger partial charge in [-0.3, -0.25) is 14.9 Å². The van der Waals surface area contributed by atoms with Gasteiger partial charge in [-0.15, -0.1) is 0 Å². The lowest BCUT2D eigenvalue weighted by Crippen LogP contribution is -2.50. The van der Waals surface area contributed by atoms with Gasteiger partial charge >= 0.3 is 0 Å². The number of aromatic nitrogens is 2. The number of imide groups is 1. The van der Waals surface area contributed by atoms with Crippen molar-refractivity contribution in [3.05, 3.63) is 12.3 Å². The summed E-state index contributed by atoms with van der Waals surface area (Å²) in [6, 6.07) is 1.74. The highest BCUT2D eigenvalue weighted by atomic mass is 16.5. The highest BCUT2D eigenvalue weighted by Gasteiger charge is 2.42. The lowest BCUT2D eigenvalue weighted by atomic mass is 9.71. The molecule has 0 atom stereocenters. The van der Waals surface area contributed by atoms with Crippen molar-refractivity contribution < 1.29 is 14.3 Å². The molecule has 0 radical (unpaired) electrons. The molecule has 1 aromatic heterocycles. The number of carbonyl (C=O) groups excluding carboxylic acids is 2. The quantitative estimate of drug-likeness (QED) is 0.835. The first kappa shape index (κ1) is 14.7. The zero-order chi connectivity index (χ0) is 15.6. The van der Waals surface area contributed by atoms with Gasteiger partial charge in [0.2, 0.25) is 23.6 Å². The summed E-state index contributed by atoms with van der Waals surface area (Å²) in [4.78, 5) is 34.0. The molecule has 22 heavy (non-hydrogen) atoms. The largest absolute Gasteiger partial charge is 0.478 e. The summed E-state index contributed by atoms with van der Waals surface area (Å²) in [6.07, 6.45) is 4.16. The van der Waals surface area contributed by atoms with E-state index >= 15 is 0 Å². The average molecular weight is 304 g/mol. The molecule has 2 fully saturated rings. The summed E-state index contributed by atoms with van der Waals surface area (Å²) in [6.45, 7) is 3.97. The second kappa shape index (κ2) is 5.90. The molecule has 1 aromatic rings. The van der Waals surface area contributed by atoms with Gasteiger partial charge < -0.3 is 9.64 Å². The third-order valence-corrected chi connectivity index (χ3v) is 4.37. The Morgan fingerprint density at radius 1 is 1.27 bits per heavy atom. The number of nitrogens with one attached hydrogen (secondary N) is 1. The van der Waals surface area contributed by atoms with E-state index in [-0.39, 0.29) is 17.2 Å². The Balaban J connectivity index is 1.67. The maximum Gasteiger partial charge on any atom is 0.228 e. The fourth-order valence-corrected chi connectivity index (χ4v) is 3.24. The average Bonchev–Trinajstić information content (AvgIpc) is 2.47. The first-order valence-corrected chi connectivity index (χ1v) is 7.64. The second-order valence-corrected chi connectivity index (χ2v) is 5.94. The Labute approximate surface area is 129 Å². The van der Waals surface area contributed by atoms with Crippen LogP contribution in [0.15, 0.2) is 12.3 Å². The predicted octanol–water partition coefficient (Wildman–Crippen LogP) is 0.898. The second-order valence-electron chi connectivity index (χ2n) is 5.94. The molecule has 2 saturated heterocycles. The number of nitrogens with zero attached hydrogens (tertiary/aromatic N) is 3. The van der Waals surface area contributed by atoms with Crippen LogP contribution in [-0.4, -0.2) is 41.5 Å². The van der Waals surface area contributed by atoms with E-state index in [9.17, 15) is 9.59 Å². The molecule has 0 saturated carbocycles. The van der Waals surface area contributed by atoms with Crippen LogP contribution in [0.5, 0.6) is 5.88 Å². The molecule has 1 spiro atoms. The smallest absolute Gasteiger partial charge is 0.228 e. The highest BCUT2D eigenvalue weighted by Crippen LogP contribution is 2.40. The number of piperidine rings is 2. The Kier molecular flexibility index (Phi) is 3.96. The molecular formula is C15H20N4O3. The van der Waals surface area contributed by atoms with Gasteiger partial charge in [0.1, 0.15) is 0 Å². The lowest BCUT2D eigenvalue weighted by Gasteiger charge is -2.42. The maximum atomic E-state index is 11.6. The lowest BCUT2D eigenvalue weighted by molar-refractivity contribution is -0.138. The van der Waals surface area contributed by atoms with Crippen LogP contribution in [0.3, 0.4) is 0 Å². The fourth-order valence-electron chi connectivity index (χ4n) is 3.24. The Hall–Kier alpha value is -2.18. The molecule has 1 N–H and O–H groups in total. The molecule has 3 heterocycles. The van der Waals surface area contributed by atoms with E-state index in [1.54, 1.807) is 12.3 Å². The molecule has 2 amide bonds. The van der Waals surface area contributed by atoms with Crippen molar-refractivity contribution in [2.24, 2.45) is 5.41 Å². The molecule has 7 nitrogen and oxygen atoms in total. The van der Waals surface area contributed by atoms with Crippen molar-refractivity contribution >= 4 is 17.8 Å². The minimum atomic E-state index is -0.187. The van der Waals surface area contributed by atoms with Crippen molar-refractivity contribution in [2.45, 2.75) is 32.6 Å². The Bertz CT molecular complexity index is 564. The molecule has 118 valence electrons. The van der Waals surface area contributed by atoms with Crippen molar-refractivity contribution in [1.82, 2.24) is 15.3 Å². The van der Waals surface area contributed by atoms with Gasteiger partial charge in [0.05, 0.1) is 6.61 Å². The number of hydrogen-bond donors (Lipinski definition) is 1. The van der Waals surface area contributed by atoms with Gasteiger partial charge in [-0.2, -0.15) is 4.98 Å². The molecule has 0 unspecified atom stereocenters. The number of carbonyl (C=O) groups is 2. The van der Waals surface area contributed by atoms with Crippen LogP contribution in [-0.2, 0) is 9.59 Å². The van der Waals surface area contributed by atoms with Gasteiger partial charge in [-0.1, -0.05) is 0 Å². The highest BCUT2D eigenvalue weighted by molar-refractivity contribution is 5.98. The Morgan fingerprint density at radius 3 is 2.59 bits per heavy atom. The van der Waals surface area contributed by atoms with Gasteiger partial charge in [0.15, 0.2) is 0 Å². The van der Waals surface area contributed by atoms with E-state index in [1.165, 1.54) is 0 Å². The van der Waals surface area contributed by atoms with Gasteiger partial charge in [-0.05, 0) is 25.2 Å². The van der Waals surface area contributed by atoms with Crippen LogP contribution in [0.4, 0.5) is 5.95 Å². The van der Waals surface area contributed by atoms with Crippen LogP contribution >= 0.6 is 0 Å². The third kappa shape index (κ3) is 3.03. The van der Waals surface area contributed by atoms with E-state index in [1.807, 2.05) is 6.92 Å². The van der Waals surface area contributed by atoms with Crippen molar-refractivity contribution in [3.8, 4) is 5.88 Å². The fraction of sp³-hybridized carbons (Fsp3) is 0.600. The maximum absolute atomic E-state index is 11.6. The summed E-state index contributed by atoms with van der Waals surface area (Å²) in [7, 11) is 0. The van der Waals surface area contributed by atoms with Gasteiger partial charge in [0.25, 0.3) is 0 Å². The minimum absolute atomic E-state index is 0.153. The van der Waals surface area contributed by atoms with E-state index in [2.05, 4.69) is 20.2 Å². The molecular weight excluding hydrogens is 284 g/mol. The summed E-state index contributed by atoms with van der Waals surface area (Å²) in [5.41, 5.74) is -0.187. The normalized spacial score (nSPS) is 20.9. The van der Waals surface area contributed by atoms with Crippen molar-refractivity contribution in [1.29, 1.82) is 0 Å². The first-order valence-electron chi connectivity index (χ1n) is 7.64. The number of hydrogen-bond acceptors (Lipinski definition) is 6.